The smallest absolute Gasteiger partial charge is 0.257 e. The summed E-state index contributed by atoms with van der Waals surface area (Å²) in [4.78, 5) is 16.3. The predicted octanol–water partition coefficient (Wildman–Crippen LogP) is 4.36. The number of hydrogen-bond acceptors (Lipinski definition) is 4. The molecule has 0 radical (unpaired) electrons. The molecular formula is C19H15F2N3O2. The fourth-order valence-electron chi connectivity index (χ4n) is 2.34. The van der Waals surface area contributed by atoms with E-state index in [2.05, 4.69) is 15.6 Å². The highest BCUT2D eigenvalue weighted by molar-refractivity contribution is 6.04. The zero-order valence-electron chi connectivity index (χ0n) is 13.8. The first-order chi connectivity index (χ1) is 12.6. The fourth-order valence-corrected chi connectivity index (χ4v) is 2.34. The van der Waals surface area contributed by atoms with Gasteiger partial charge in [-0.15, -0.1) is 0 Å². The molecule has 0 atom stereocenters. The Kier molecular flexibility index (Phi) is 5.07. The highest BCUT2D eigenvalue weighted by Gasteiger charge is 2.14. The van der Waals surface area contributed by atoms with Crippen molar-refractivity contribution in [3.8, 4) is 5.75 Å². The molecule has 5 nitrogen and oxygen atoms in total. The quantitative estimate of drug-likeness (QED) is 0.714. The third-order valence-electron chi connectivity index (χ3n) is 3.59. The molecule has 0 bridgehead atoms. The predicted molar refractivity (Wildman–Crippen MR) is 94.8 cm³/mol. The van der Waals surface area contributed by atoms with Gasteiger partial charge in [-0.25, -0.2) is 8.78 Å². The Labute approximate surface area is 148 Å². The van der Waals surface area contributed by atoms with Gasteiger partial charge < -0.3 is 15.4 Å². The minimum Gasteiger partial charge on any atom is -0.495 e. The van der Waals surface area contributed by atoms with Crippen LogP contribution in [0.25, 0.3) is 0 Å². The summed E-state index contributed by atoms with van der Waals surface area (Å²) in [6.07, 6.45) is 2.83. The fraction of sp³-hybridized carbons (Fsp3) is 0.0526. The van der Waals surface area contributed by atoms with Crippen molar-refractivity contribution in [2.24, 2.45) is 0 Å². The van der Waals surface area contributed by atoms with Gasteiger partial charge in [0, 0.05) is 6.20 Å². The lowest BCUT2D eigenvalue weighted by molar-refractivity contribution is 0.102. The van der Waals surface area contributed by atoms with Gasteiger partial charge in [-0.3, -0.25) is 9.78 Å². The van der Waals surface area contributed by atoms with Crippen LogP contribution in [-0.2, 0) is 0 Å². The first kappa shape index (κ1) is 17.3. The van der Waals surface area contributed by atoms with E-state index in [1.54, 1.807) is 19.2 Å². The number of para-hydroxylation sites is 3. The SMILES string of the molecule is COc1ccccc1Nc1cncc(C(=O)Nc2c(F)cccc2F)c1. The summed E-state index contributed by atoms with van der Waals surface area (Å²) in [7, 11) is 1.55. The molecule has 0 aliphatic heterocycles. The zero-order chi connectivity index (χ0) is 18.5. The molecular weight excluding hydrogens is 340 g/mol. The Bertz CT molecular complexity index is 927. The maximum Gasteiger partial charge on any atom is 0.257 e. The molecule has 3 aromatic rings. The van der Waals surface area contributed by atoms with Crippen LogP contribution in [-0.4, -0.2) is 18.0 Å². The van der Waals surface area contributed by atoms with E-state index in [1.165, 1.54) is 24.5 Å². The lowest BCUT2D eigenvalue weighted by atomic mass is 10.2. The molecule has 132 valence electrons. The van der Waals surface area contributed by atoms with Gasteiger partial charge in [-0.1, -0.05) is 18.2 Å². The van der Waals surface area contributed by atoms with Crippen molar-refractivity contribution in [2.45, 2.75) is 0 Å². The van der Waals surface area contributed by atoms with E-state index in [9.17, 15) is 13.6 Å². The first-order valence-electron chi connectivity index (χ1n) is 7.69. The van der Waals surface area contributed by atoms with Gasteiger partial charge in [0.25, 0.3) is 5.91 Å². The van der Waals surface area contributed by atoms with Crippen molar-refractivity contribution in [3.05, 3.63) is 78.1 Å². The van der Waals surface area contributed by atoms with Gasteiger partial charge in [-0.2, -0.15) is 0 Å². The summed E-state index contributed by atoms with van der Waals surface area (Å²) in [6.45, 7) is 0. The van der Waals surface area contributed by atoms with Gasteiger partial charge in [0.15, 0.2) is 0 Å². The zero-order valence-corrected chi connectivity index (χ0v) is 13.8. The van der Waals surface area contributed by atoms with E-state index in [0.717, 1.165) is 12.1 Å². The van der Waals surface area contributed by atoms with Gasteiger partial charge in [0.05, 0.1) is 30.2 Å². The number of anilines is 3. The van der Waals surface area contributed by atoms with Gasteiger partial charge >= 0.3 is 0 Å². The number of nitrogens with one attached hydrogen (secondary N) is 2. The standard InChI is InChI=1S/C19H15F2N3O2/c1-26-17-8-3-2-7-16(17)23-13-9-12(10-22-11-13)19(25)24-18-14(20)5-4-6-15(18)21/h2-11,23H,1H3,(H,24,25). The average molecular weight is 355 g/mol. The number of aromatic nitrogens is 1. The van der Waals surface area contributed by atoms with Crippen LogP contribution in [0.4, 0.5) is 25.8 Å². The van der Waals surface area contributed by atoms with Crippen LogP contribution >= 0.6 is 0 Å². The van der Waals surface area contributed by atoms with E-state index in [4.69, 9.17) is 4.74 Å². The molecule has 0 fully saturated rings. The van der Waals surface area contributed by atoms with E-state index < -0.39 is 23.2 Å². The summed E-state index contributed by atoms with van der Waals surface area (Å²) in [5, 5.41) is 5.32. The molecule has 26 heavy (non-hydrogen) atoms. The molecule has 2 N–H and O–H groups in total. The van der Waals surface area contributed by atoms with E-state index in [1.807, 2.05) is 12.1 Å². The second-order valence-electron chi connectivity index (χ2n) is 5.34. The number of carbonyl (C=O) groups excluding carboxylic acids is 1. The Morgan fingerprint density at radius 2 is 1.77 bits per heavy atom. The molecule has 0 aliphatic rings. The van der Waals surface area contributed by atoms with E-state index >= 15 is 0 Å². The van der Waals surface area contributed by atoms with Crippen LogP contribution in [0.3, 0.4) is 0 Å². The third-order valence-corrected chi connectivity index (χ3v) is 3.59. The lowest BCUT2D eigenvalue weighted by Crippen LogP contribution is -2.14. The summed E-state index contributed by atoms with van der Waals surface area (Å²) >= 11 is 0. The lowest BCUT2D eigenvalue weighted by Gasteiger charge is -2.12. The summed E-state index contributed by atoms with van der Waals surface area (Å²) in [6, 6.07) is 12.1. The number of benzene rings is 2. The molecule has 2 aromatic carbocycles. The first-order valence-corrected chi connectivity index (χ1v) is 7.69. The van der Waals surface area contributed by atoms with Crippen molar-refractivity contribution in [1.82, 2.24) is 4.98 Å². The number of halogens is 2. The minimum absolute atomic E-state index is 0.146. The van der Waals surface area contributed by atoms with Crippen molar-refractivity contribution in [2.75, 3.05) is 17.7 Å². The highest BCUT2D eigenvalue weighted by Crippen LogP contribution is 2.27. The molecule has 1 aromatic heterocycles. The molecule has 0 unspecified atom stereocenters. The largest absolute Gasteiger partial charge is 0.495 e. The van der Waals surface area contributed by atoms with Gasteiger partial charge in [-0.05, 0) is 30.3 Å². The van der Waals surface area contributed by atoms with Crippen LogP contribution in [0.5, 0.6) is 5.75 Å². The molecule has 0 saturated carbocycles. The molecule has 1 amide bonds. The minimum atomic E-state index is -0.852. The van der Waals surface area contributed by atoms with Gasteiger partial charge in [0.2, 0.25) is 0 Å². The number of nitrogens with zero attached hydrogens (tertiary/aromatic N) is 1. The number of pyridine rings is 1. The normalized spacial score (nSPS) is 10.3. The van der Waals surface area contributed by atoms with E-state index in [-0.39, 0.29) is 5.56 Å². The summed E-state index contributed by atoms with van der Waals surface area (Å²) in [5.41, 5.74) is 0.860. The molecule has 1 heterocycles. The van der Waals surface area contributed by atoms with Crippen molar-refractivity contribution >= 4 is 23.0 Å². The second kappa shape index (κ2) is 7.60. The molecule has 0 aliphatic carbocycles. The number of rotatable bonds is 5. The molecule has 0 spiro atoms. The molecule has 3 rings (SSSR count). The Morgan fingerprint density at radius 1 is 1.04 bits per heavy atom. The van der Waals surface area contributed by atoms with Crippen molar-refractivity contribution in [3.63, 3.8) is 0 Å². The van der Waals surface area contributed by atoms with E-state index in [0.29, 0.717) is 17.1 Å². The summed E-state index contributed by atoms with van der Waals surface area (Å²) in [5.74, 6) is -1.76. The monoisotopic (exact) mass is 355 g/mol. The van der Waals surface area contributed by atoms with Crippen LogP contribution in [0.15, 0.2) is 60.9 Å². The van der Waals surface area contributed by atoms with Crippen LogP contribution < -0.4 is 15.4 Å². The highest BCUT2D eigenvalue weighted by atomic mass is 19.1. The summed E-state index contributed by atoms with van der Waals surface area (Å²) < 4.78 is 32.6. The van der Waals surface area contributed by atoms with Crippen LogP contribution in [0, 0.1) is 11.6 Å². The third kappa shape index (κ3) is 3.77. The number of methoxy groups -OCH3 is 1. The van der Waals surface area contributed by atoms with Crippen molar-refractivity contribution in [1.29, 1.82) is 0 Å². The maximum atomic E-state index is 13.7. The number of amides is 1. The van der Waals surface area contributed by atoms with Crippen LogP contribution in [0.1, 0.15) is 10.4 Å². The molecule has 0 saturated heterocycles. The van der Waals surface area contributed by atoms with Gasteiger partial charge in [0.1, 0.15) is 23.1 Å². The average Bonchev–Trinajstić information content (AvgIpc) is 2.65. The Hall–Kier alpha value is -3.48. The Balaban J connectivity index is 1.82. The second-order valence-corrected chi connectivity index (χ2v) is 5.34. The molecule has 7 heteroatoms. The Morgan fingerprint density at radius 3 is 2.50 bits per heavy atom. The topological polar surface area (TPSA) is 63.2 Å². The number of ether oxygens (including phenoxy) is 1. The maximum absolute atomic E-state index is 13.7. The number of hydrogen-bond donors (Lipinski definition) is 2. The van der Waals surface area contributed by atoms with Crippen LogP contribution in [0.2, 0.25) is 0 Å². The number of carbonyl (C=O) groups is 1. The van der Waals surface area contributed by atoms with Crippen molar-refractivity contribution < 1.29 is 18.3 Å².